The molecule has 0 fully saturated rings. The van der Waals surface area contributed by atoms with Crippen LogP contribution in [0.15, 0.2) is 18.2 Å². The summed E-state index contributed by atoms with van der Waals surface area (Å²) in [7, 11) is 0. The molecule has 1 aromatic rings. The average molecular weight is 319 g/mol. The van der Waals surface area contributed by atoms with Crippen LogP contribution in [0.3, 0.4) is 0 Å². The van der Waals surface area contributed by atoms with Crippen molar-refractivity contribution >= 4 is 40.7 Å². The fourth-order valence-corrected chi connectivity index (χ4v) is 1.63. The maximum absolute atomic E-state index is 11.7. The minimum Gasteiger partial charge on any atom is -0.396 e. The maximum Gasteiger partial charge on any atom is 0.313 e. The fraction of sp³-hybridized carbons (Fsp3) is 0.385. The minimum atomic E-state index is -0.805. The molecule has 0 radical (unpaired) electrons. The van der Waals surface area contributed by atoms with Gasteiger partial charge in [0, 0.05) is 18.3 Å². The van der Waals surface area contributed by atoms with E-state index in [1.165, 1.54) is 12.1 Å². The highest BCUT2D eigenvalue weighted by Gasteiger charge is 2.19. The second kappa shape index (κ2) is 7.47. The zero-order valence-electron chi connectivity index (χ0n) is 11.1. The molecule has 0 bridgehead atoms. The van der Waals surface area contributed by atoms with Gasteiger partial charge in [-0.25, -0.2) is 0 Å². The van der Waals surface area contributed by atoms with E-state index in [0.717, 1.165) is 0 Å². The molecular formula is C13H16Cl2N2O3. The Morgan fingerprint density at radius 2 is 1.85 bits per heavy atom. The second-order valence-electron chi connectivity index (χ2n) is 4.51. The van der Waals surface area contributed by atoms with E-state index in [-0.39, 0.29) is 23.6 Å². The number of carbonyl (C=O) groups is 2. The standard InChI is InChI=1S/C13H16Cl2N2O3/c1-7(6-18)8(2)16-12(19)13(20)17-9-3-4-10(14)11(15)5-9/h3-5,7-8,18H,6H2,1-2H3,(H,16,19)(H,17,20). The third-order valence-electron chi connectivity index (χ3n) is 2.88. The van der Waals surface area contributed by atoms with Crippen LogP contribution >= 0.6 is 23.2 Å². The average Bonchev–Trinajstić information content (AvgIpc) is 2.41. The summed E-state index contributed by atoms with van der Waals surface area (Å²) < 4.78 is 0. The van der Waals surface area contributed by atoms with Gasteiger partial charge in [-0.05, 0) is 31.0 Å². The maximum atomic E-state index is 11.7. The molecule has 3 N–H and O–H groups in total. The van der Waals surface area contributed by atoms with Gasteiger partial charge in [0.15, 0.2) is 0 Å². The molecule has 0 spiro atoms. The van der Waals surface area contributed by atoms with E-state index in [1.807, 2.05) is 0 Å². The number of amides is 2. The minimum absolute atomic E-state index is 0.0736. The van der Waals surface area contributed by atoms with Gasteiger partial charge in [-0.3, -0.25) is 9.59 Å². The summed E-state index contributed by atoms with van der Waals surface area (Å²) in [6.07, 6.45) is 0. The number of halogens is 2. The van der Waals surface area contributed by atoms with Crippen molar-refractivity contribution in [3.05, 3.63) is 28.2 Å². The van der Waals surface area contributed by atoms with E-state index < -0.39 is 11.8 Å². The Labute approximate surface area is 127 Å². The molecule has 1 rings (SSSR count). The normalized spacial score (nSPS) is 13.4. The number of aliphatic hydroxyl groups excluding tert-OH is 1. The molecule has 2 atom stereocenters. The lowest BCUT2D eigenvalue weighted by Crippen LogP contribution is -2.43. The first kappa shape index (κ1) is 16.8. The van der Waals surface area contributed by atoms with Crippen molar-refractivity contribution < 1.29 is 14.7 Å². The van der Waals surface area contributed by atoms with Crippen molar-refractivity contribution in [1.29, 1.82) is 0 Å². The van der Waals surface area contributed by atoms with Gasteiger partial charge in [0.1, 0.15) is 0 Å². The molecule has 110 valence electrons. The molecule has 0 aliphatic rings. The molecule has 2 unspecified atom stereocenters. The zero-order valence-corrected chi connectivity index (χ0v) is 12.6. The van der Waals surface area contributed by atoms with Crippen LogP contribution < -0.4 is 10.6 Å². The van der Waals surface area contributed by atoms with Crippen LogP contribution in [0, 0.1) is 5.92 Å². The zero-order chi connectivity index (χ0) is 15.3. The van der Waals surface area contributed by atoms with E-state index >= 15 is 0 Å². The number of nitrogens with one attached hydrogen (secondary N) is 2. The molecule has 2 amide bonds. The lowest BCUT2D eigenvalue weighted by Gasteiger charge is -2.18. The van der Waals surface area contributed by atoms with Crippen molar-refractivity contribution in [2.45, 2.75) is 19.9 Å². The Kier molecular flexibility index (Phi) is 6.26. The summed E-state index contributed by atoms with van der Waals surface area (Å²) in [5, 5.41) is 14.5. The van der Waals surface area contributed by atoms with Crippen LogP contribution in [-0.4, -0.2) is 29.6 Å². The summed E-state index contributed by atoms with van der Waals surface area (Å²) in [5.41, 5.74) is 0.377. The lowest BCUT2D eigenvalue weighted by atomic mass is 10.1. The first-order chi connectivity index (χ1) is 9.35. The topological polar surface area (TPSA) is 78.4 Å². The van der Waals surface area contributed by atoms with E-state index in [1.54, 1.807) is 19.9 Å². The SMILES string of the molecule is CC(CO)C(C)NC(=O)C(=O)Nc1ccc(Cl)c(Cl)c1. The summed E-state index contributed by atoms with van der Waals surface area (Å²) in [4.78, 5) is 23.4. The molecule has 20 heavy (non-hydrogen) atoms. The Bertz CT molecular complexity index is 508. The number of hydrogen-bond acceptors (Lipinski definition) is 3. The molecule has 0 aromatic heterocycles. The van der Waals surface area contributed by atoms with Gasteiger partial charge in [0.2, 0.25) is 0 Å². The van der Waals surface area contributed by atoms with Crippen LogP contribution in [0.25, 0.3) is 0 Å². The lowest BCUT2D eigenvalue weighted by molar-refractivity contribution is -0.136. The van der Waals surface area contributed by atoms with Crippen molar-refractivity contribution in [2.24, 2.45) is 5.92 Å². The number of carbonyl (C=O) groups excluding carboxylic acids is 2. The van der Waals surface area contributed by atoms with Crippen molar-refractivity contribution in [2.75, 3.05) is 11.9 Å². The van der Waals surface area contributed by atoms with Gasteiger partial charge < -0.3 is 15.7 Å². The largest absolute Gasteiger partial charge is 0.396 e. The van der Waals surface area contributed by atoms with Crippen molar-refractivity contribution in [3.63, 3.8) is 0 Å². The second-order valence-corrected chi connectivity index (χ2v) is 5.32. The molecule has 0 heterocycles. The molecule has 0 saturated carbocycles. The number of benzene rings is 1. The van der Waals surface area contributed by atoms with E-state index in [4.69, 9.17) is 28.3 Å². The Hall–Kier alpha value is -1.30. The quantitative estimate of drug-likeness (QED) is 0.743. The Morgan fingerprint density at radius 1 is 1.20 bits per heavy atom. The number of hydrogen-bond donors (Lipinski definition) is 3. The summed E-state index contributed by atoms with van der Waals surface area (Å²) >= 11 is 11.6. The molecule has 1 aromatic carbocycles. The highest BCUT2D eigenvalue weighted by atomic mass is 35.5. The fourth-order valence-electron chi connectivity index (χ4n) is 1.33. The van der Waals surface area contributed by atoms with Gasteiger partial charge in [-0.15, -0.1) is 0 Å². The van der Waals surface area contributed by atoms with Gasteiger partial charge in [-0.1, -0.05) is 30.1 Å². The van der Waals surface area contributed by atoms with Crippen LogP contribution in [0.1, 0.15) is 13.8 Å². The van der Waals surface area contributed by atoms with Gasteiger partial charge >= 0.3 is 11.8 Å². The number of anilines is 1. The smallest absolute Gasteiger partial charge is 0.313 e. The molecule has 5 nitrogen and oxygen atoms in total. The van der Waals surface area contributed by atoms with E-state index in [9.17, 15) is 9.59 Å². The van der Waals surface area contributed by atoms with E-state index in [0.29, 0.717) is 10.7 Å². The molecule has 7 heteroatoms. The predicted molar refractivity (Wildman–Crippen MR) is 78.9 cm³/mol. The third-order valence-corrected chi connectivity index (χ3v) is 3.62. The highest BCUT2D eigenvalue weighted by molar-refractivity contribution is 6.42. The monoisotopic (exact) mass is 318 g/mol. The van der Waals surface area contributed by atoms with Crippen LogP contribution in [-0.2, 0) is 9.59 Å². The number of aliphatic hydroxyl groups is 1. The summed E-state index contributed by atoms with van der Waals surface area (Å²) in [5.74, 6) is -1.72. The van der Waals surface area contributed by atoms with E-state index in [2.05, 4.69) is 10.6 Å². The summed E-state index contributed by atoms with van der Waals surface area (Å²) in [6.45, 7) is 3.41. The third kappa shape index (κ3) is 4.67. The van der Waals surface area contributed by atoms with Gasteiger partial charge in [0.05, 0.1) is 10.0 Å². The Morgan fingerprint density at radius 3 is 2.40 bits per heavy atom. The highest BCUT2D eigenvalue weighted by Crippen LogP contribution is 2.24. The molecule has 0 saturated heterocycles. The van der Waals surface area contributed by atoms with Crippen LogP contribution in [0.2, 0.25) is 10.0 Å². The molecule has 0 aliphatic heterocycles. The molecular weight excluding hydrogens is 303 g/mol. The number of rotatable bonds is 4. The predicted octanol–water partition coefficient (Wildman–Crippen LogP) is 2.06. The summed E-state index contributed by atoms with van der Waals surface area (Å²) in [6, 6.07) is 4.20. The van der Waals surface area contributed by atoms with Crippen LogP contribution in [0.4, 0.5) is 5.69 Å². The van der Waals surface area contributed by atoms with Crippen molar-refractivity contribution in [1.82, 2.24) is 5.32 Å². The molecule has 0 aliphatic carbocycles. The first-order valence-electron chi connectivity index (χ1n) is 6.03. The van der Waals surface area contributed by atoms with Gasteiger partial charge in [0.25, 0.3) is 0 Å². The van der Waals surface area contributed by atoms with Crippen molar-refractivity contribution in [3.8, 4) is 0 Å². The van der Waals surface area contributed by atoms with Crippen LogP contribution in [0.5, 0.6) is 0 Å². The van der Waals surface area contributed by atoms with Gasteiger partial charge in [-0.2, -0.15) is 0 Å². The first-order valence-corrected chi connectivity index (χ1v) is 6.78. The Balaban J connectivity index is 2.62.